The molecule has 2 rings (SSSR count). The van der Waals surface area contributed by atoms with Crippen LogP contribution in [0.5, 0.6) is 0 Å². The molecule has 0 fully saturated rings. The molecule has 0 aliphatic carbocycles. The van der Waals surface area contributed by atoms with Gasteiger partial charge in [0.1, 0.15) is 5.76 Å². The van der Waals surface area contributed by atoms with Gasteiger partial charge >= 0.3 is 0 Å². The van der Waals surface area contributed by atoms with Crippen molar-refractivity contribution in [2.75, 3.05) is 5.32 Å². The van der Waals surface area contributed by atoms with E-state index in [0.29, 0.717) is 18.0 Å². The molecule has 0 bridgehead atoms. The van der Waals surface area contributed by atoms with E-state index in [9.17, 15) is 10.1 Å². The second kappa shape index (κ2) is 4.43. The standard InChI is InChI=1S/C10H9N3O3/c14-13(15)9-3-1-2-8(4-9)12-6-10-5-11-7-16-10/h1-5,7,12H,6H2. The lowest BCUT2D eigenvalue weighted by molar-refractivity contribution is -0.384. The number of benzene rings is 1. The zero-order valence-electron chi connectivity index (χ0n) is 8.29. The first-order valence-corrected chi connectivity index (χ1v) is 4.61. The van der Waals surface area contributed by atoms with Crippen molar-refractivity contribution in [2.24, 2.45) is 0 Å². The highest BCUT2D eigenvalue weighted by Gasteiger charge is 2.05. The molecule has 0 aliphatic heterocycles. The van der Waals surface area contributed by atoms with Gasteiger partial charge in [0, 0.05) is 17.8 Å². The molecule has 0 aliphatic rings. The molecule has 2 aromatic rings. The average Bonchev–Trinajstić information content (AvgIpc) is 2.79. The summed E-state index contributed by atoms with van der Waals surface area (Å²) in [4.78, 5) is 13.9. The smallest absolute Gasteiger partial charge is 0.271 e. The normalized spacial score (nSPS) is 10.0. The number of nitro benzene ring substituents is 1. The van der Waals surface area contributed by atoms with Crippen LogP contribution in [0, 0.1) is 10.1 Å². The van der Waals surface area contributed by atoms with Crippen LogP contribution >= 0.6 is 0 Å². The number of hydrogen-bond donors (Lipinski definition) is 1. The van der Waals surface area contributed by atoms with Gasteiger partial charge in [0.15, 0.2) is 6.39 Å². The molecule has 0 spiro atoms. The molecule has 0 saturated carbocycles. The number of nitrogens with zero attached hydrogens (tertiary/aromatic N) is 2. The SMILES string of the molecule is O=[N+]([O-])c1cccc(NCc2cnco2)c1. The maximum Gasteiger partial charge on any atom is 0.271 e. The second-order valence-electron chi connectivity index (χ2n) is 3.13. The number of non-ortho nitro benzene ring substituents is 1. The van der Waals surface area contributed by atoms with E-state index in [1.807, 2.05) is 0 Å². The number of oxazole rings is 1. The van der Waals surface area contributed by atoms with Gasteiger partial charge in [-0.25, -0.2) is 4.98 Å². The third-order valence-electron chi connectivity index (χ3n) is 2.01. The van der Waals surface area contributed by atoms with Crippen molar-refractivity contribution in [2.45, 2.75) is 6.54 Å². The van der Waals surface area contributed by atoms with Crippen LogP contribution in [0.4, 0.5) is 11.4 Å². The molecule has 1 aromatic carbocycles. The summed E-state index contributed by atoms with van der Waals surface area (Å²) in [5.74, 6) is 0.673. The van der Waals surface area contributed by atoms with Crippen molar-refractivity contribution in [3.8, 4) is 0 Å². The molecule has 82 valence electrons. The molecule has 0 radical (unpaired) electrons. The van der Waals surface area contributed by atoms with Crippen molar-refractivity contribution in [1.82, 2.24) is 4.98 Å². The summed E-state index contributed by atoms with van der Waals surface area (Å²) in [5, 5.41) is 13.5. The highest BCUT2D eigenvalue weighted by atomic mass is 16.6. The molecule has 0 unspecified atom stereocenters. The molecule has 1 aromatic heterocycles. The minimum atomic E-state index is -0.431. The van der Waals surface area contributed by atoms with Crippen LogP contribution in [0.3, 0.4) is 0 Å². The van der Waals surface area contributed by atoms with Crippen LogP contribution in [-0.2, 0) is 6.54 Å². The Bertz CT molecular complexity index is 482. The van der Waals surface area contributed by atoms with Crippen LogP contribution in [0.2, 0.25) is 0 Å². The number of hydrogen-bond acceptors (Lipinski definition) is 5. The molecule has 6 nitrogen and oxygen atoms in total. The second-order valence-corrected chi connectivity index (χ2v) is 3.13. The topological polar surface area (TPSA) is 81.2 Å². The zero-order valence-corrected chi connectivity index (χ0v) is 8.29. The molecule has 1 heterocycles. The Morgan fingerprint density at radius 3 is 3.06 bits per heavy atom. The van der Waals surface area contributed by atoms with Crippen molar-refractivity contribution < 1.29 is 9.34 Å². The minimum Gasteiger partial charge on any atom is -0.447 e. The molecule has 0 atom stereocenters. The quantitative estimate of drug-likeness (QED) is 0.629. The van der Waals surface area contributed by atoms with E-state index in [-0.39, 0.29) is 5.69 Å². The molecule has 0 saturated heterocycles. The van der Waals surface area contributed by atoms with Crippen LogP contribution in [0.25, 0.3) is 0 Å². The van der Waals surface area contributed by atoms with E-state index in [1.54, 1.807) is 18.3 Å². The minimum absolute atomic E-state index is 0.0579. The fraction of sp³-hybridized carbons (Fsp3) is 0.100. The summed E-state index contributed by atoms with van der Waals surface area (Å²) in [5.41, 5.74) is 0.730. The van der Waals surface area contributed by atoms with Gasteiger partial charge in [-0.2, -0.15) is 0 Å². The Morgan fingerprint density at radius 1 is 1.50 bits per heavy atom. The monoisotopic (exact) mass is 219 g/mol. The number of aromatic nitrogens is 1. The first-order valence-electron chi connectivity index (χ1n) is 4.61. The molecular weight excluding hydrogens is 210 g/mol. The summed E-state index contributed by atoms with van der Waals surface area (Å²) in [6.45, 7) is 0.446. The average molecular weight is 219 g/mol. The summed E-state index contributed by atoms with van der Waals surface area (Å²) < 4.78 is 5.03. The maximum absolute atomic E-state index is 10.5. The fourth-order valence-electron chi connectivity index (χ4n) is 1.25. The molecule has 1 N–H and O–H groups in total. The highest BCUT2D eigenvalue weighted by Crippen LogP contribution is 2.17. The van der Waals surface area contributed by atoms with Crippen molar-refractivity contribution >= 4 is 11.4 Å². The van der Waals surface area contributed by atoms with Gasteiger partial charge in [-0.1, -0.05) is 6.07 Å². The Morgan fingerprint density at radius 2 is 2.38 bits per heavy atom. The summed E-state index contributed by atoms with van der Waals surface area (Å²) in [6, 6.07) is 6.29. The number of anilines is 1. The third-order valence-corrected chi connectivity index (χ3v) is 2.01. The van der Waals surface area contributed by atoms with E-state index in [4.69, 9.17) is 4.42 Å². The zero-order chi connectivity index (χ0) is 11.4. The summed E-state index contributed by atoms with van der Waals surface area (Å²) >= 11 is 0. The van der Waals surface area contributed by atoms with Crippen LogP contribution in [-0.4, -0.2) is 9.91 Å². The van der Waals surface area contributed by atoms with E-state index in [0.717, 1.165) is 0 Å². The Balaban J connectivity index is 2.04. The van der Waals surface area contributed by atoms with E-state index >= 15 is 0 Å². The van der Waals surface area contributed by atoms with Gasteiger partial charge in [0.25, 0.3) is 5.69 Å². The Labute approximate surface area is 91.1 Å². The summed E-state index contributed by atoms with van der Waals surface area (Å²) in [6.07, 6.45) is 2.93. The largest absolute Gasteiger partial charge is 0.447 e. The van der Waals surface area contributed by atoms with E-state index < -0.39 is 4.92 Å². The van der Waals surface area contributed by atoms with Gasteiger partial charge in [-0.3, -0.25) is 10.1 Å². The number of nitrogens with one attached hydrogen (secondary N) is 1. The molecule has 0 amide bonds. The summed E-state index contributed by atoms with van der Waals surface area (Å²) in [7, 11) is 0. The lowest BCUT2D eigenvalue weighted by Gasteiger charge is -2.03. The van der Waals surface area contributed by atoms with Gasteiger partial charge in [0.2, 0.25) is 0 Å². The van der Waals surface area contributed by atoms with Gasteiger partial charge in [-0.05, 0) is 6.07 Å². The molecule has 6 heteroatoms. The van der Waals surface area contributed by atoms with Crippen LogP contribution < -0.4 is 5.32 Å². The van der Waals surface area contributed by atoms with E-state index in [2.05, 4.69) is 10.3 Å². The lowest BCUT2D eigenvalue weighted by atomic mass is 10.3. The Hall–Kier alpha value is -2.37. The van der Waals surface area contributed by atoms with Gasteiger partial charge in [0.05, 0.1) is 17.7 Å². The van der Waals surface area contributed by atoms with E-state index in [1.165, 1.54) is 18.5 Å². The third kappa shape index (κ3) is 2.35. The number of nitro groups is 1. The Kier molecular flexibility index (Phi) is 2.81. The first kappa shape index (κ1) is 10.2. The number of rotatable bonds is 4. The maximum atomic E-state index is 10.5. The fourth-order valence-corrected chi connectivity index (χ4v) is 1.25. The molecular formula is C10H9N3O3. The predicted molar refractivity (Wildman–Crippen MR) is 56.9 cm³/mol. The lowest BCUT2D eigenvalue weighted by Crippen LogP contribution is -1.98. The van der Waals surface area contributed by atoms with Crippen molar-refractivity contribution in [1.29, 1.82) is 0 Å². The molecule has 16 heavy (non-hydrogen) atoms. The van der Waals surface area contributed by atoms with Crippen molar-refractivity contribution in [3.05, 3.63) is 52.7 Å². The highest BCUT2D eigenvalue weighted by molar-refractivity contribution is 5.50. The van der Waals surface area contributed by atoms with Gasteiger partial charge < -0.3 is 9.73 Å². The van der Waals surface area contributed by atoms with Crippen LogP contribution in [0.15, 0.2) is 41.3 Å². The van der Waals surface area contributed by atoms with Crippen molar-refractivity contribution in [3.63, 3.8) is 0 Å². The van der Waals surface area contributed by atoms with Crippen LogP contribution in [0.1, 0.15) is 5.76 Å². The predicted octanol–water partition coefficient (Wildman–Crippen LogP) is 2.19. The van der Waals surface area contributed by atoms with Gasteiger partial charge in [-0.15, -0.1) is 0 Å². The first-order chi connectivity index (χ1) is 7.75.